The van der Waals surface area contributed by atoms with Crippen LogP contribution in [0.5, 0.6) is 0 Å². The molecule has 0 aliphatic rings. The maximum Gasteiger partial charge on any atom is 0.242 e. The summed E-state index contributed by atoms with van der Waals surface area (Å²) in [5.74, 6) is 1.44. The van der Waals surface area contributed by atoms with E-state index in [0.717, 1.165) is 11.3 Å². The summed E-state index contributed by atoms with van der Waals surface area (Å²) in [7, 11) is -3.65. The van der Waals surface area contributed by atoms with Gasteiger partial charge in [0.25, 0.3) is 0 Å². The highest BCUT2D eigenvalue weighted by molar-refractivity contribution is 7.99. The average Bonchev–Trinajstić information content (AvgIpc) is 2.37. The molecule has 0 saturated heterocycles. The van der Waals surface area contributed by atoms with Crippen LogP contribution in [-0.2, 0) is 10.0 Å². The predicted molar refractivity (Wildman–Crippen MR) is 84.8 cm³/mol. The third-order valence-electron chi connectivity index (χ3n) is 2.60. The van der Waals surface area contributed by atoms with Gasteiger partial charge in [-0.1, -0.05) is 11.6 Å². The molecule has 0 bridgehead atoms. The van der Waals surface area contributed by atoms with Crippen LogP contribution >= 0.6 is 23.4 Å². The highest BCUT2D eigenvalue weighted by Gasteiger charge is 2.18. The lowest BCUT2D eigenvalue weighted by molar-refractivity contribution is 0.296. The van der Waals surface area contributed by atoms with Crippen molar-refractivity contribution in [3.05, 3.63) is 22.7 Å². The van der Waals surface area contributed by atoms with Gasteiger partial charge < -0.3 is 10.8 Å². The molecule has 0 aliphatic carbocycles. The number of benzene rings is 1. The number of aryl methyl sites for hydroxylation is 1. The number of nitrogens with two attached hydrogens (primary N) is 1. The maximum atomic E-state index is 12.1. The first-order valence-corrected chi connectivity index (χ1v) is 9.14. The summed E-state index contributed by atoms with van der Waals surface area (Å²) in [6, 6.07) is 2.92. The van der Waals surface area contributed by atoms with Gasteiger partial charge >= 0.3 is 0 Å². The summed E-state index contributed by atoms with van der Waals surface area (Å²) < 4.78 is 26.7. The predicted octanol–water partition coefficient (Wildman–Crippen LogP) is 1.62. The number of rotatable bonds is 8. The van der Waals surface area contributed by atoms with Gasteiger partial charge in [-0.2, -0.15) is 11.8 Å². The Hall–Kier alpha value is -0.470. The van der Waals surface area contributed by atoms with E-state index in [1.807, 2.05) is 0 Å². The summed E-state index contributed by atoms with van der Waals surface area (Å²) in [6.45, 7) is 2.22. The first-order chi connectivity index (χ1) is 9.38. The number of halogens is 1. The largest absolute Gasteiger partial charge is 0.398 e. The minimum absolute atomic E-state index is 0.00243. The lowest BCUT2D eigenvalue weighted by Gasteiger charge is -2.10. The molecule has 114 valence electrons. The van der Waals surface area contributed by atoms with E-state index in [1.54, 1.807) is 24.8 Å². The van der Waals surface area contributed by atoms with Gasteiger partial charge in [0.15, 0.2) is 0 Å². The molecule has 0 amide bonds. The van der Waals surface area contributed by atoms with E-state index in [-0.39, 0.29) is 16.5 Å². The van der Waals surface area contributed by atoms with E-state index in [9.17, 15) is 8.42 Å². The topological polar surface area (TPSA) is 92.4 Å². The number of nitrogen functional groups attached to an aromatic ring is 1. The van der Waals surface area contributed by atoms with Crippen LogP contribution in [0.15, 0.2) is 17.0 Å². The van der Waals surface area contributed by atoms with Gasteiger partial charge in [0.1, 0.15) is 4.90 Å². The van der Waals surface area contributed by atoms with Crippen LogP contribution in [0.1, 0.15) is 12.0 Å². The van der Waals surface area contributed by atoms with Crippen molar-refractivity contribution in [2.75, 3.05) is 30.4 Å². The lowest BCUT2D eigenvalue weighted by Crippen LogP contribution is -2.26. The molecule has 0 saturated carbocycles. The number of aliphatic hydroxyl groups is 1. The molecule has 0 atom stereocenters. The molecule has 8 heteroatoms. The second kappa shape index (κ2) is 8.09. The first-order valence-electron chi connectivity index (χ1n) is 6.12. The van der Waals surface area contributed by atoms with Gasteiger partial charge in [-0.3, -0.25) is 0 Å². The molecule has 1 rings (SSSR count). The van der Waals surface area contributed by atoms with Crippen molar-refractivity contribution in [2.24, 2.45) is 0 Å². The minimum atomic E-state index is -3.65. The number of sulfonamides is 1. The Morgan fingerprint density at radius 1 is 1.40 bits per heavy atom. The van der Waals surface area contributed by atoms with Crippen LogP contribution in [-0.4, -0.2) is 38.2 Å². The van der Waals surface area contributed by atoms with Crippen molar-refractivity contribution in [3.63, 3.8) is 0 Å². The lowest BCUT2D eigenvalue weighted by atomic mass is 10.2. The van der Waals surface area contributed by atoms with E-state index in [1.165, 1.54) is 6.07 Å². The smallest absolute Gasteiger partial charge is 0.242 e. The van der Waals surface area contributed by atoms with Gasteiger partial charge in [0, 0.05) is 24.6 Å². The van der Waals surface area contributed by atoms with E-state index in [0.29, 0.717) is 24.4 Å². The zero-order valence-electron chi connectivity index (χ0n) is 11.2. The van der Waals surface area contributed by atoms with E-state index >= 15 is 0 Å². The Labute approximate surface area is 128 Å². The fourth-order valence-electron chi connectivity index (χ4n) is 1.47. The van der Waals surface area contributed by atoms with E-state index < -0.39 is 10.0 Å². The molecule has 0 heterocycles. The molecule has 0 unspecified atom stereocenters. The molecule has 4 N–H and O–H groups in total. The number of aliphatic hydroxyl groups excluding tert-OH is 1. The quantitative estimate of drug-likeness (QED) is 0.495. The molecule has 0 fully saturated rings. The summed E-state index contributed by atoms with van der Waals surface area (Å²) in [5, 5.41) is 8.79. The summed E-state index contributed by atoms with van der Waals surface area (Å²) >= 11 is 7.54. The van der Waals surface area contributed by atoms with Crippen molar-refractivity contribution in [2.45, 2.75) is 18.2 Å². The normalized spacial score (nSPS) is 11.8. The fourth-order valence-corrected chi connectivity index (χ4v) is 4.03. The maximum absolute atomic E-state index is 12.1. The van der Waals surface area contributed by atoms with Crippen molar-refractivity contribution in [1.29, 1.82) is 0 Å². The van der Waals surface area contributed by atoms with E-state index in [2.05, 4.69) is 4.72 Å². The van der Waals surface area contributed by atoms with E-state index in [4.69, 9.17) is 22.4 Å². The van der Waals surface area contributed by atoms with Gasteiger partial charge in [0.2, 0.25) is 10.0 Å². The Morgan fingerprint density at radius 2 is 2.10 bits per heavy atom. The second-order valence-electron chi connectivity index (χ2n) is 4.23. The number of nitrogens with one attached hydrogen (secondary N) is 1. The van der Waals surface area contributed by atoms with Crippen LogP contribution < -0.4 is 10.5 Å². The van der Waals surface area contributed by atoms with Crippen molar-refractivity contribution in [1.82, 2.24) is 4.72 Å². The van der Waals surface area contributed by atoms with Crippen LogP contribution in [0.25, 0.3) is 0 Å². The number of hydrogen-bond acceptors (Lipinski definition) is 5. The molecule has 20 heavy (non-hydrogen) atoms. The number of thioether (sulfide) groups is 1. The number of hydrogen-bond donors (Lipinski definition) is 3. The van der Waals surface area contributed by atoms with Crippen LogP contribution in [0, 0.1) is 6.92 Å². The monoisotopic (exact) mass is 338 g/mol. The molecule has 1 aromatic carbocycles. The second-order valence-corrected chi connectivity index (χ2v) is 7.59. The van der Waals surface area contributed by atoms with Crippen LogP contribution in [0.4, 0.5) is 5.69 Å². The molecule has 0 radical (unpaired) electrons. The molecular formula is C12H19ClN2O3S2. The molecule has 0 aromatic heterocycles. The molecule has 0 aliphatic heterocycles. The van der Waals surface area contributed by atoms with Gasteiger partial charge in [0.05, 0.1) is 5.02 Å². The zero-order chi connectivity index (χ0) is 15.2. The van der Waals surface area contributed by atoms with Crippen LogP contribution in [0.2, 0.25) is 5.02 Å². The van der Waals surface area contributed by atoms with Crippen LogP contribution in [0.3, 0.4) is 0 Å². The highest BCUT2D eigenvalue weighted by Crippen LogP contribution is 2.26. The average molecular weight is 339 g/mol. The molecule has 5 nitrogen and oxygen atoms in total. The summed E-state index contributed by atoms with van der Waals surface area (Å²) in [4.78, 5) is 0.00243. The Morgan fingerprint density at radius 3 is 2.75 bits per heavy atom. The minimum Gasteiger partial charge on any atom is -0.398 e. The molecule has 0 spiro atoms. The summed E-state index contributed by atoms with van der Waals surface area (Å²) in [6.07, 6.45) is 0.706. The Balaban J connectivity index is 2.63. The zero-order valence-corrected chi connectivity index (χ0v) is 13.6. The SMILES string of the molecule is Cc1cc(Cl)c(S(=O)(=O)NCCSCCCO)cc1N. The first kappa shape index (κ1) is 17.6. The Kier molecular flexibility index (Phi) is 7.11. The fraction of sp³-hybridized carbons (Fsp3) is 0.500. The van der Waals surface area contributed by atoms with Gasteiger partial charge in [-0.15, -0.1) is 0 Å². The number of anilines is 1. The Bertz CT molecular complexity index is 550. The van der Waals surface area contributed by atoms with Gasteiger partial charge in [-0.05, 0) is 36.8 Å². The summed E-state index contributed by atoms with van der Waals surface area (Å²) in [5.41, 5.74) is 6.86. The highest BCUT2D eigenvalue weighted by atomic mass is 35.5. The van der Waals surface area contributed by atoms with Crippen molar-refractivity contribution >= 4 is 39.1 Å². The molecular weight excluding hydrogens is 320 g/mol. The van der Waals surface area contributed by atoms with Crippen molar-refractivity contribution in [3.8, 4) is 0 Å². The van der Waals surface area contributed by atoms with Crippen molar-refractivity contribution < 1.29 is 13.5 Å². The standard InChI is InChI=1S/C12H19ClN2O3S2/c1-9-7-10(13)12(8-11(9)14)20(17,18)15-3-6-19-5-2-4-16/h7-8,15-16H,2-6,14H2,1H3. The third-order valence-corrected chi connectivity index (χ3v) is 5.59. The van der Waals surface area contributed by atoms with Gasteiger partial charge in [-0.25, -0.2) is 13.1 Å². The third kappa shape index (κ3) is 5.14. The molecule has 1 aromatic rings.